The van der Waals surface area contributed by atoms with Gasteiger partial charge in [-0.1, -0.05) is 30.3 Å². The highest BCUT2D eigenvalue weighted by atomic mass is 16.3. The molecule has 0 heterocycles. The zero-order chi connectivity index (χ0) is 15.4. The third-order valence-corrected chi connectivity index (χ3v) is 5.19. The van der Waals surface area contributed by atoms with Crippen molar-refractivity contribution >= 4 is 5.91 Å². The Morgan fingerprint density at radius 1 is 1.14 bits per heavy atom. The average molecular weight is 301 g/mol. The standard InChI is InChI=1S/C19H27NO2/c21-17-11-9-16(10-12-17)20-19(22)18-13-15(18)8-4-7-14-5-2-1-3-6-14/h1-3,5-6,15-18,21H,4,7-13H2,(H,20,22)/t15?,16-,17-,18?. The van der Waals surface area contributed by atoms with Gasteiger partial charge in [0.15, 0.2) is 0 Å². The van der Waals surface area contributed by atoms with Crippen molar-refractivity contribution in [1.82, 2.24) is 5.32 Å². The monoisotopic (exact) mass is 301 g/mol. The highest BCUT2D eigenvalue weighted by Crippen LogP contribution is 2.42. The zero-order valence-corrected chi connectivity index (χ0v) is 13.2. The van der Waals surface area contributed by atoms with Gasteiger partial charge in [0.2, 0.25) is 5.91 Å². The minimum Gasteiger partial charge on any atom is -0.393 e. The number of rotatable bonds is 6. The molecule has 1 amide bonds. The third-order valence-electron chi connectivity index (χ3n) is 5.19. The molecule has 2 aliphatic rings. The summed E-state index contributed by atoms with van der Waals surface area (Å²) >= 11 is 0. The lowest BCUT2D eigenvalue weighted by molar-refractivity contribution is -0.123. The quantitative estimate of drug-likeness (QED) is 0.848. The number of amides is 1. The summed E-state index contributed by atoms with van der Waals surface area (Å²) in [6.45, 7) is 0. The molecule has 1 aromatic carbocycles. The fourth-order valence-corrected chi connectivity index (χ4v) is 3.63. The van der Waals surface area contributed by atoms with Crippen molar-refractivity contribution in [2.45, 2.75) is 63.5 Å². The summed E-state index contributed by atoms with van der Waals surface area (Å²) in [5, 5.41) is 12.7. The molecule has 2 atom stereocenters. The molecule has 3 nitrogen and oxygen atoms in total. The summed E-state index contributed by atoms with van der Waals surface area (Å²) < 4.78 is 0. The predicted octanol–water partition coefficient (Wildman–Crippen LogP) is 3.07. The Kier molecular flexibility index (Phi) is 5.14. The molecule has 0 aromatic heterocycles. The summed E-state index contributed by atoms with van der Waals surface area (Å²) in [6, 6.07) is 10.9. The third kappa shape index (κ3) is 4.33. The second kappa shape index (κ2) is 7.28. The Morgan fingerprint density at radius 3 is 2.59 bits per heavy atom. The fraction of sp³-hybridized carbons (Fsp3) is 0.632. The van der Waals surface area contributed by atoms with Gasteiger partial charge in [-0.25, -0.2) is 0 Å². The van der Waals surface area contributed by atoms with Gasteiger partial charge in [-0.3, -0.25) is 4.79 Å². The van der Waals surface area contributed by atoms with E-state index in [-0.39, 0.29) is 17.9 Å². The first-order valence-corrected chi connectivity index (χ1v) is 8.74. The van der Waals surface area contributed by atoms with Crippen LogP contribution in [0.25, 0.3) is 0 Å². The minimum absolute atomic E-state index is 0.153. The molecule has 2 unspecified atom stereocenters. The van der Waals surface area contributed by atoms with Crippen LogP contribution in [0.15, 0.2) is 30.3 Å². The molecule has 3 rings (SSSR count). The number of carbonyl (C=O) groups excluding carboxylic acids is 1. The van der Waals surface area contributed by atoms with Crippen LogP contribution in [0.5, 0.6) is 0 Å². The van der Waals surface area contributed by atoms with Gasteiger partial charge in [0, 0.05) is 12.0 Å². The van der Waals surface area contributed by atoms with Gasteiger partial charge >= 0.3 is 0 Å². The molecule has 2 saturated carbocycles. The number of carbonyl (C=O) groups is 1. The number of aliphatic hydroxyl groups excluding tert-OH is 1. The van der Waals surface area contributed by atoms with Crippen LogP contribution < -0.4 is 5.32 Å². The molecule has 1 aromatic rings. The van der Waals surface area contributed by atoms with Crippen LogP contribution in [-0.2, 0) is 11.2 Å². The molecule has 22 heavy (non-hydrogen) atoms. The molecular formula is C19H27NO2. The van der Waals surface area contributed by atoms with E-state index in [2.05, 4.69) is 35.6 Å². The van der Waals surface area contributed by atoms with E-state index in [1.54, 1.807) is 0 Å². The molecule has 2 aliphatic carbocycles. The van der Waals surface area contributed by atoms with Crippen LogP contribution in [0, 0.1) is 11.8 Å². The Morgan fingerprint density at radius 2 is 1.86 bits per heavy atom. The molecular weight excluding hydrogens is 274 g/mol. The van der Waals surface area contributed by atoms with E-state index in [1.807, 2.05) is 0 Å². The van der Waals surface area contributed by atoms with Gasteiger partial charge in [-0.2, -0.15) is 0 Å². The molecule has 0 bridgehead atoms. The van der Waals surface area contributed by atoms with Gasteiger partial charge in [0.05, 0.1) is 6.10 Å². The second-order valence-corrected chi connectivity index (χ2v) is 6.99. The number of aliphatic hydroxyl groups is 1. The van der Waals surface area contributed by atoms with Crippen LogP contribution >= 0.6 is 0 Å². The lowest BCUT2D eigenvalue weighted by Crippen LogP contribution is -2.39. The predicted molar refractivity (Wildman–Crippen MR) is 87.4 cm³/mol. The Balaban J connectivity index is 1.32. The van der Waals surface area contributed by atoms with Crippen LogP contribution in [0.3, 0.4) is 0 Å². The van der Waals surface area contributed by atoms with Crippen molar-refractivity contribution < 1.29 is 9.90 Å². The number of hydrogen-bond acceptors (Lipinski definition) is 2. The largest absolute Gasteiger partial charge is 0.393 e. The lowest BCUT2D eigenvalue weighted by atomic mass is 9.93. The van der Waals surface area contributed by atoms with Gasteiger partial charge in [0.1, 0.15) is 0 Å². The molecule has 2 fully saturated rings. The molecule has 3 heteroatoms. The normalized spacial score (nSPS) is 30.8. The maximum Gasteiger partial charge on any atom is 0.223 e. The molecule has 0 saturated heterocycles. The van der Waals surface area contributed by atoms with Gasteiger partial charge in [0.25, 0.3) is 0 Å². The highest BCUT2D eigenvalue weighted by molar-refractivity contribution is 5.81. The molecule has 120 valence electrons. The van der Waals surface area contributed by atoms with Crippen molar-refractivity contribution in [3.8, 4) is 0 Å². The maximum absolute atomic E-state index is 12.2. The molecule has 0 aliphatic heterocycles. The number of nitrogens with one attached hydrogen (secondary N) is 1. The van der Waals surface area contributed by atoms with E-state index in [9.17, 15) is 9.90 Å². The Labute approximate surface area is 133 Å². The molecule has 2 N–H and O–H groups in total. The number of hydrogen-bond donors (Lipinski definition) is 2. The smallest absolute Gasteiger partial charge is 0.223 e. The van der Waals surface area contributed by atoms with E-state index in [4.69, 9.17) is 0 Å². The summed E-state index contributed by atoms with van der Waals surface area (Å²) in [5.74, 6) is 1.10. The number of benzene rings is 1. The SMILES string of the molecule is O=C(N[C@H]1CC[C@H](O)CC1)C1CC1CCCc1ccccc1. The lowest BCUT2D eigenvalue weighted by Gasteiger charge is -2.26. The molecule has 0 radical (unpaired) electrons. The van der Waals surface area contributed by atoms with Crippen LogP contribution in [0.4, 0.5) is 0 Å². The van der Waals surface area contributed by atoms with Crippen LogP contribution in [0.2, 0.25) is 0 Å². The summed E-state index contributed by atoms with van der Waals surface area (Å²) in [5.41, 5.74) is 1.39. The van der Waals surface area contributed by atoms with E-state index in [0.29, 0.717) is 12.0 Å². The van der Waals surface area contributed by atoms with Crippen molar-refractivity contribution in [2.75, 3.05) is 0 Å². The maximum atomic E-state index is 12.2. The van der Waals surface area contributed by atoms with E-state index in [0.717, 1.165) is 44.9 Å². The summed E-state index contributed by atoms with van der Waals surface area (Å²) in [4.78, 5) is 12.2. The molecule has 0 spiro atoms. The van der Waals surface area contributed by atoms with E-state index < -0.39 is 0 Å². The number of aryl methyl sites for hydroxylation is 1. The zero-order valence-electron chi connectivity index (χ0n) is 13.2. The van der Waals surface area contributed by atoms with Crippen molar-refractivity contribution in [3.05, 3.63) is 35.9 Å². The average Bonchev–Trinajstić information content (AvgIpc) is 3.30. The van der Waals surface area contributed by atoms with Gasteiger partial charge in [-0.15, -0.1) is 0 Å². The van der Waals surface area contributed by atoms with Gasteiger partial charge in [-0.05, 0) is 62.8 Å². The Hall–Kier alpha value is -1.35. The summed E-state index contributed by atoms with van der Waals surface area (Å²) in [7, 11) is 0. The first-order valence-electron chi connectivity index (χ1n) is 8.74. The minimum atomic E-state index is -0.153. The van der Waals surface area contributed by atoms with E-state index >= 15 is 0 Å². The topological polar surface area (TPSA) is 49.3 Å². The highest BCUT2D eigenvalue weighted by Gasteiger charge is 2.42. The Bertz CT molecular complexity index is 479. The van der Waals surface area contributed by atoms with Crippen LogP contribution in [0.1, 0.15) is 50.5 Å². The first kappa shape index (κ1) is 15.5. The second-order valence-electron chi connectivity index (χ2n) is 6.99. The summed E-state index contributed by atoms with van der Waals surface area (Å²) in [6.07, 6.45) is 7.88. The van der Waals surface area contributed by atoms with E-state index in [1.165, 1.54) is 12.0 Å². The van der Waals surface area contributed by atoms with Crippen molar-refractivity contribution in [3.63, 3.8) is 0 Å². The van der Waals surface area contributed by atoms with Crippen LogP contribution in [-0.4, -0.2) is 23.2 Å². The fourth-order valence-electron chi connectivity index (χ4n) is 3.63. The first-order chi connectivity index (χ1) is 10.7. The van der Waals surface area contributed by atoms with Gasteiger partial charge < -0.3 is 10.4 Å². The van der Waals surface area contributed by atoms with Crippen molar-refractivity contribution in [2.24, 2.45) is 11.8 Å². The van der Waals surface area contributed by atoms with Crippen molar-refractivity contribution in [1.29, 1.82) is 0 Å².